The van der Waals surface area contributed by atoms with Crippen molar-refractivity contribution in [2.75, 3.05) is 5.32 Å². The van der Waals surface area contributed by atoms with Crippen LogP contribution in [0.5, 0.6) is 0 Å². The van der Waals surface area contributed by atoms with E-state index in [-0.39, 0.29) is 5.54 Å². The lowest BCUT2D eigenvalue weighted by atomic mass is 9.81. The summed E-state index contributed by atoms with van der Waals surface area (Å²) in [5.41, 5.74) is 5.97. The van der Waals surface area contributed by atoms with Crippen molar-refractivity contribution in [3.8, 4) is 11.4 Å². The van der Waals surface area contributed by atoms with Crippen LogP contribution in [0.1, 0.15) is 38.7 Å². The predicted molar refractivity (Wildman–Crippen MR) is 92.3 cm³/mol. The van der Waals surface area contributed by atoms with E-state index in [1.807, 2.05) is 18.2 Å². The first-order valence-electron chi connectivity index (χ1n) is 7.90. The zero-order chi connectivity index (χ0) is 15.3. The molecule has 2 N–H and O–H groups in total. The van der Waals surface area contributed by atoms with Gasteiger partial charge in [-0.1, -0.05) is 31.2 Å². The van der Waals surface area contributed by atoms with E-state index in [0.717, 1.165) is 28.8 Å². The fraction of sp³-hybridized carbons (Fsp3) is 0.316. The zero-order valence-electron chi connectivity index (χ0n) is 13.3. The van der Waals surface area contributed by atoms with Crippen LogP contribution in [0.25, 0.3) is 22.4 Å². The van der Waals surface area contributed by atoms with Crippen LogP contribution >= 0.6 is 0 Å². The molecule has 0 spiro atoms. The third-order valence-electron chi connectivity index (χ3n) is 4.55. The van der Waals surface area contributed by atoms with Crippen LogP contribution in [-0.2, 0) is 0 Å². The topological polar surface area (TPSA) is 40.7 Å². The summed E-state index contributed by atoms with van der Waals surface area (Å²) < 4.78 is 0. The quantitative estimate of drug-likeness (QED) is 0.667. The lowest BCUT2D eigenvalue weighted by Crippen LogP contribution is -2.36. The Hall–Kier alpha value is -2.29. The van der Waals surface area contributed by atoms with Crippen molar-refractivity contribution >= 4 is 16.7 Å². The molecule has 2 aromatic carbocycles. The molecule has 1 unspecified atom stereocenters. The second-order valence-corrected chi connectivity index (χ2v) is 6.99. The molecule has 0 fully saturated rings. The Balaban J connectivity index is 1.91. The minimum Gasteiger partial charge on any atom is -0.379 e. The molecule has 0 bridgehead atoms. The van der Waals surface area contributed by atoms with Gasteiger partial charge in [-0.05, 0) is 49.9 Å². The van der Waals surface area contributed by atoms with Gasteiger partial charge in [0.1, 0.15) is 5.82 Å². The number of aromatic amines is 1. The van der Waals surface area contributed by atoms with E-state index in [1.165, 1.54) is 11.3 Å². The van der Waals surface area contributed by atoms with E-state index in [4.69, 9.17) is 4.98 Å². The molecule has 22 heavy (non-hydrogen) atoms. The molecule has 4 rings (SSSR count). The molecule has 112 valence electrons. The Morgan fingerprint density at radius 1 is 1.09 bits per heavy atom. The van der Waals surface area contributed by atoms with Gasteiger partial charge in [0, 0.05) is 16.8 Å². The smallest absolute Gasteiger partial charge is 0.140 e. The molecule has 0 radical (unpaired) electrons. The van der Waals surface area contributed by atoms with Crippen molar-refractivity contribution in [2.24, 2.45) is 0 Å². The van der Waals surface area contributed by atoms with Crippen molar-refractivity contribution in [2.45, 2.75) is 38.6 Å². The van der Waals surface area contributed by atoms with Gasteiger partial charge in [0.2, 0.25) is 0 Å². The Kier molecular flexibility index (Phi) is 2.80. The Bertz CT molecular complexity index is 812. The van der Waals surface area contributed by atoms with Crippen molar-refractivity contribution in [1.82, 2.24) is 9.97 Å². The lowest BCUT2D eigenvalue weighted by Gasteiger charge is -2.38. The molecule has 0 saturated heterocycles. The van der Waals surface area contributed by atoms with Crippen LogP contribution < -0.4 is 5.32 Å². The third kappa shape index (κ3) is 2.08. The highest BCUT2D eigenvalue weighted by Gasteiger charge is 2.31. The van der Waals surface area contributed by atoms with Gasteiger partial charge in [0.25, 0.3) is 0 Å². The van der Waals surface area contributed by atoms with Crippen LogP contribution in [0.3, 0.4) is 0 Å². The maximum Gasteiger partial charge on any atom is 0.140 e. The highest BCUT2D eigenvalue weighted by Crippen LogP contribution is 2.43. The number of hydrogen-bond donors (Lipinski definition) is 2. The fourth-order valence-electron chi connectivity index (χ4n) is 3.66. The first-order chi connectivity index (χ1) is 10.5. The number of rotatable bonds is 1. The molecule has 0 amide bonds. The van der Waals surface area contributed by atoms with Crippen LogP contribution in [0.2, 0.25) is 0 Å². The second kappa shape index (κ2) is 4.60. The van der Waals surface area contributed by atoms with Crippen molar-refractivity contribution in [1.29, 1.82) is 0 Å². The summed E-state index contributed by atoms with van der Waals surface area (Å²) in [7, 11) is 0. The highest BCUT2D eigenvalue weighted by atomic mass is 15.0. The highest BCUT2D eigenvalue weighted by molar-refractivity contribution is 5.84. The molecule has 2 heterocycles. The summed E-state index contributed by atoms with van der Waals surface area (Å²) in [6, 6.07) is 14.7. The molecule has 3 nitrogen and oxygen atoms in total. The van der Waals surface area contributed by atoms with Gasteiger partial charge in [0.15, 0.2) is 0 Å². The van der Waals surface area contributed by atoms with E-state index < -0.39 is 0 Å². The number of benzene rings is 2. The molecule has 3 heteroatoms. The number of aromatic nitrogens is 2. The summed E-state index contributed by atoms with van der Waals surface area (Å²) in [6.07, 6.45) is 1.14. The second-order valence-electron chi connectivity index (χ2n) is 6.99. The Labute approximate surface area is 130 Å². The number of imidazole rings is 1. The standard InChI is InChI=1S/C19H21N3/c1-12-11-19(2,3)22-17-13(12)7-6-8-14(17)18-20-15-9-4-5-10-16(15)21-18/h4-10,12,22H,11H2,1-3H3,(H,20,21). The maximum absolute atomic E-state index is 4.77. The summed E-state index contributed by atoms with van der Waals surface area (Å²) in [6.45, 7) is 6.84. The largest absolute Gasteiger partial charge is 0.379 e. The van der Waals surface area contributed by atoms with Gasteiger partial charge in [-0.3, -0.25) is 0 Å². The molecule has 0 aliphatic carbocycles. The average molecular weight is 291 g/mol. The monoisotopic (exact) mass is 291 g/mol. The van der Waals surface area contributed by atoms with Gasteiger partial charge in [-0.25, -0.2) is 4.98 Å². The number of nitrogens with one attached hydrogen (secondary N) is 2. The number of nitrogens with zero attached hydrogens (tertiary/aromatic N) is 1. The van der Waals surface area contributed by atoms with Crippen LogP contribution in [-0.4, -0.2) is 15.5 Å². The van der Waals surface area contributed by atoms with Gasteiger partial charge in [-0.15, -0.1) is 0 Å². The number of fused-ring (bicyclic) bond motifs is 2. The predicted octanol–water partition coefficient (Wildman–Crippen LogP) is 4.93. The Morgan fingerprint density at radius 2 is 1.91 bits per heavy atom. The normalized spacial score (nSPS) is 19.7. The molecule has 1 aliphatic heterocycles. The average Bonchev–Trinajstić information content (AvgIpc) is 2.89. The summed E-state index contributed by atoms with van der Waals surface area (Å²) in [5.74, 6) is 1.49. The lowest BCUT2D eigenvalue weighted by molar-refractivity contribution is 0.454. The number of H-pyrrole nitrogens is 1. The zero-order valence-corrected chi connectivity index (χ0v) is 13.3. The first-order valence-corrected chi connectivity index (χ1v) is 7.90. The summed E-state index contributed by atoms with van der Waals surface area (Å²) in [5, 5.41) is 3.72. The van der Waals surface area contributed by atoms with Gasteiger partial charge in [-0.2, -0.15) is 0 Å². The maximum atomic E-state index is 4.77. The van der Waals surface area contributed by atoms with Gasteiger partial charge >= 0.3 is 0 Å². The number of anilines is 1. The SMILES string of the molecule is CC1CC(C)(C)Nc2c(-c3nc4ccccc4[nH]3)cccc21. The van der Waals surface area contributed by atoms with E-state index in [2.05, 4.69) is 55.3 Å². The van der Waals surface area contributed by atoms with Crippen LogP contribution in [0.15, 0.2) is 42.5 Å². The molecule has 1 aromatic heterocycles. The molecule has 0 saturated carbocycles. The summed E-state index contributed by atoms with van der Waals surface area (Å²) in [4.78, 5) is 8.22. The van der Waals surface area contributed by atoms with Crippen molar-refractivity contribution in [3.63, 3.8) is 0 Å². The fourth-order valence-corrected chi connectivity index (χ4v) is 3.66. The minimum absolute atomic E-state index is 0.106. The Morgan fingerprint density at radius 3 is 2.73 bits per heavy atom. The first kappa shape index (κ1) is 13.4. The molecule has 3 aromatic rings. The van der Waals surface area contributed by atoms with Crippen LogP contribution in [0.4, 0.5) is 5.69 Å². The van der Waals surface area contributed by atoms with E-state index in [0.29, 0.717) is 5.92 Å². The molecular formula is C19H21N3. The molecule has 1 aliphatic rings. The number of hydrogen-bond acceptors (Lipinski definition) is 2. The van der Waals surface area contributed by atoms with E-state index in [9.17, 15) is 0 Å². The van der Waals surface area contributed by atoms with Gasteiger partial charge in [0.05, 0.1) is 11.0 Å². The minimum atomic E-state index is 0.106. The third-order valence-corrected chi connectivity index (χ3v) is 4.55. The van der Waals surface area contributed by atoms with Crippen molar-refractivity contribution in [3.05, 3.63) is 48.0 Å². The van der Waals surface area contributed by atoms with E-state index in [1.54, 1.807) is 0 Å². The van der Waals surface area contributed by atoms with E-state index >= 15 is 0 Å². The number of para-hydroxylation sites is 3. The van der Waals surface area contributed by atoms with Gasteiger partial charge < -0.3 is 10.3 Å². The molecular weight excluding hydrogens is 270 g/mol. The van der Waals surface area contributed by atoms with Crippen molar-refractivity contribution < 1.29 is 0 Å². The van der Waals surface area contributed by atoms with Crippen LogP contribution in [0, 0.1) is 0 Å². The summed E-state index contributed by atoms with van der Waals surface area (Å²) >= 11 is 0. The molecule has 1 atom stereocenters.